The monoisotopic (exact) mass is 645 g/mol. The van der Waals surface area contributed by atoms with Gasteiger partial charge >= 0.3 is 5.97 Å². The van der Waals surface area contributed by atoms with Crippen molar-refractivity contribution < 1.29 is 31.6 Å². The largest absolute Gasteiger partial charge is 0.490 e. The third-order valence-corrected chi connectivity index (χ3v) is 11.4. The highest BCUT2D eigenvalue weighted by molar-refractivity contribution is 7.86. The molecule has 2 saturated carbocycles. The summed E-state index contributed by atoms with van der Waals surface area (Å²) in [5.74, 6) is 1.40. The van der Waals surface area contributed by atoms with Gasteiger partial charge in [0.1, 0.15) is 5.75 Å². The van der Waals surface area contributed by atoms with Gasteiger partial charge in [-0.3, -0.25) is 4.18 Å². The van der Waals surface area contributed by atoms with Crippen molar-refractivity contribution in [1.29, 1.82) is 0 Å². The van der Waals surface area contributed by atoms with Gasteiger partial charge in [0, 0.05) is 30.6 Å². The maximum atomic E-state index is 12.6. The average Bonchev–Trinajstić information content (AvgIpc) is 3.13. The molecule has 0 radical (unpaired) electrons. The van der Waals surface area contributed by atoms with Crippen molar-refractivity contribution in [2.75, 3.05) is 45.1 Å². The van der Waals surface area contributed by atoms with Crippen LogP contribution in [0.4, 0.5) is 5.69 Å². The number of nitrogens with zero attached hydrogens (tertiary/aromatic N) is 1. The number of halogens is 1. The normalized spacial score (nSPS) is 29.0. The van der Waals surface area contributed by atoms with Crippen LogP contribution in [0.5, 0.6) is 5.75 Å². The highest BCUT2D eigenvalue weighted by atomic mass is 35.5. The van der Waals surface area contributed by atoms with E-state index in [2.05, 4.69) is 17.0 Å². The van der Waals surface area contributed by atoms with Crippen molar-refractivity contribution in [2.24, 2.45) is 17.8 Å². The Balaban J connectivity index is 1.29. The van der Waals surface area contributed by atoms with Gasteiger partial charge in [-0.15, -0.1) is 0 Å². The van der Waals surface area contributed by atoms with E-state index in [9.17, 15) is 13.2 Å². The molecule has 0 N–H and O–H groups in total. The summed E-state index contributed by atoms with van der Waals surface area (Å²) in [4.78, 5) is 15.0. The van der Waals surface area contributed by atoms with Crippen molar-refractivity contribution >= 4 is 33.4 Å². The molecule has 2 aromatic carbocycles. The number of hydrogen-bond donors (Lipinski definition) is 0. The van der Waals surface area contributed by atoms with E-state index in [1.807, 2.05) is 18.2 Å². The standard InChI is InChI=1S/C34H44ClNO7S/c1-40-32(23-6-4-8-27(17-23)43-44(3,38)39)28-12-9-25(28)19-36-20-34(15-5-7-22-16-26(35)11-13-29(22)34)21-42-31-14-10-24(18-30(31)36)33(37)41-2/h10-11,13-14,16,18,23,25,27-28,32H,4-9,12,15,17,19-21H2,1-3H3/t23-,25-,27-,28+,32-,34-/m0/s1. The summed E-state index contributed by atoms with van der Waals surface area (Å²) in [5.41, 5.74) is 3.81. The van der Waals surface area contributed by atoms with Crippen molar-refractivity contribution in [1.82, 2.24) is 0 Å². The molecule has 1 aliphatic heterocycles. The second-order valence-electron chi connectivity index (χ2n) is 13.3. The number of fused-ring (bicyclic) bond motifs is 3. The summed E-state index contributed by atoms with van der Waals surface area (Å²) in [5, 5.41) is 0.757. The van der Waals surface area contributed by atoms with Crippen LogP contribution in [-0.2, 0) is 35.6 Å². The summed E-state index contributed by atoms with van der Waals surface area (Å²) < 4.78 is 47.0. The molecule has 1 heterocycles. The fourth-order valence-electron chi connectivity index (χ4n) is 8.43. The van der Waals surface area contributed by atoms with Crippen LogP contribution in [0.2, 0.25) is 5.02 Å². The number of benzene rings is 2. The molecule has 240 valence electrons. The van der Waals surface area contributed by atoms with Gasteiger partial charge in [-0.25, -0.2) is 4.79 Å². The number of hydrogen-bond acceptors (Lipinski definition) is 8. The molecule has 44 heavy (non-hydrogen) atoms. The van der Waals surface area contributed by atoms with E-state index >= 15 is 0 Å². The van der Waals surface area contributed by atoms with Crippen LogP contribution in [0.3, 0.4) is 0 Å². The molecule has 6 rings (SSSR count). The van der Waals surface area contributed by atoms with Crippen molar-refractivity contribution in [3.8, 4) is 5.75 Å². The summed E-state index contributed by atoms with van der Waals surface area (Å²) in [6.07, 6.45) is 9.51. The molecule has 2 aromatic rings. The third-order valence-electron chi connectivity index (χ3n) is 10.5. The lowest BCUT2D eigenvalue weighted by molar-refractivity contribution is -0.0693. The molecule has 0 saturated heterocycles. The Morgan fingerprint density at radius 2 is 1.95 bits per heavy atom. The van der Waals surface area contributed by atoms with Gasteiger partial charge in [0.05, 0.1) is 43.4 Å². The predicted octanol–water partition coefficient (Wildman–Crippen LogP) is 6.18. The average molecular weight is 646 g/mol. The van der Waals surface area contributed by atoms with Crippen LogP contribution in [0.25, 0.3) is 0 Å². The Hall–Kier alpha value is -2.33. The molecule has 10 heteroatoms. The zero-order chi connectivity index (χ0) is 31.1. The van der Waals surface area contributed by atoms with Gasteiger partial charge in [-0.2, -0.15) is 8.42 Å². The first-order chi connectivity index (χ1) is 21.1. The molecule has 3 aliphatic carbocycles. The van der Waals surface area contributed by atoms with Crippen LogP contribution in [0.1, 0.15) is 72.9 Å². The Morgan fingerprint density at radius 3 is 2.68 bits per heavy atom. The molecule has 1 spiro atoms. The lowest BCUT2D eigenvalue weighted by atomic mass is 9.65. The zero-order valence-electron chi connectivity index (χ0n) is 25.9. The number of esters is 1. The van der Waals surface area contributed by atoms with E-state index in [4.69, 9.17) is 30.0 Å². The molecular formula is C34H44ClNO7S. The topological polar surface area (TPSA) is 91.4 Å². The SMILES string of the molecule is COC(=O)c1ccc2c(c1)N(C[C@@H]1CC[C@H]1[C@@H](OC)[C@H]1CCC[C@H](OS(C)(=O)=O)C1)C[C@@]1(CCCc3cc(Cl)ccc31)CO2. The van der Waals surface area contributed by atoms with E-state index in [0.29, 0.717) is 30.4 Å². The fourth-order valence-corrected chi connectivity index (χ4v) is 9.29. The Morgan fingerprint density at radius 1 is 1.11 bits per heavy atom. The lowest BCUT2D eigenvalue weighted by Gasteiger charge is -2.48. The van der Waals surface area contributed by atoms with E-state index in [-0.39, 0.29) is 29.5 Å². The first-order valence-corrected chi connectivity index (χ1v) is 18.1. The number of methoxy groups -OCH3 is 2. The quantitative estimate of drug-likeness (QED) is 0.249. The van der Waals surface area contributed by atoms with Gasteiger partial charge in [0.2, 0.25) is 0 Å². The molecule has 0 unspecified atom stereocenters. The number of carbonyl (C=O) groups excluding carboxylic acids is 1. The van der Waals surface area contributed by atoms with Crippen LogP contribution in [0, 0.1) is 17.8 Å². The van der Waals surface area contributed by atoms with E-state index in [1.54, 1.807) is 13.2 Å². The summed E-state index contributed by atoms with van der Waals surface area (Å²) in [6, 6.07) is 11.9. The van der Waals surface area contributed by atoms with Gasteiger partial charge < -0.3 is 19.1 Å². The minimum absolute atomic E-state index is 0.0373. The number of ether oxygens (including phenoxy) is 3. The minimum Gasteiger partial charge on any atom is -0.490 e. The molecule has 4 aliphatic rings. The highest BCUT2D eigenvalue weighted by Gasteiger charge is 2.46. The summed E-state index contributed by atoms with van der Waals surface area (Å²) in [6.45, 7) is 2.14. The smallest absolute Gasteiger partial charge is 0.337 e. The van der Waals surface area contributed by atoms with Gasteiger partial charge in [-0.1, -0.05) is 24.1 Å². The number of anilines is 1. The maximum Gasteiger partial charge on any atom is 0.337 e. The first kappa shape index (κ1) is 31.6. The first-order valence-electron chi connectivity index (χ1n) is 15.9. The summed E-state index contributed by atoms with van der Waals surface area (Å²) in [7, 11) is -0.308. The van der Waals surface area contributed by atoms with Crippen LogP contribution in [-0.4, -0.2) is 66.8 Å². The van der Waals surface area contributed by atoms with Crippen LogP contribution < -0.4 is 9.64 Å². The predicted molar refractivity (Wildman–Crippen MR) is 170 cm³/mol. The van der Waals surface area contributed by atoms with Crippen molar-refractivity contribution in [3.63, 3.8) is 0 Å². The lowest BCUT2D eigenvalue weighted by Crippen LogP contribution is -2.51. The third kappa shape index (κ3) is 6.48. The van der Waals surface area contributed by atoms with Crippen LogP contribution in [0.15, 0.2) is 36.4 Å². The molecule has 8 nitrogen and oxygen atoms in total. The molecular weight excluding hydrogens is 602 g/mol. The molecule has 2 fully saturated rings. The van der Waals surface area contributed by atoms with E-state index < -0.39 is 10.1 Å². The van der Waals surface area contributed by atoms with Crippen LogP contribution >= 0.6 is 11.6 Å². The Labute approximate surface area is 266 Å². The van der Waals surface area contributed by atoms with Gasteiger partial charge in [0.15, 0.2) is 0 Å². The zero-order valence-corrected chi connectivity index (χ0v) is 27.5. The second kappa shape index (κ2) is 12.8. The number of rotatable bonds is 8. The van der Waals surface area contributed by atoms with Gasteiger partial charge in [-0.05, 0) is 111 Å². The maximum absolute atomic E-state index is 12.6. The second-order valence-corrected chi connectivity index (χ2v) is 15.4. The van der Waals surface area contributed by atoms with Crippen molar-refractivity contribution in [2.45, 2.75) is 75.4 Å². The molecule has 0 bridgehead atoms. The number of aryl methyl sites for hydroxylation is 1. The van der Waals surface area contributed by atoms with Gasteiger partial charge in [0.25, 0.3) is 10.1 Å². The highest BCUT2D eigenvalue weighted by Crippen LogP contribution is 2.48. The Bertz CT molecular complexity index is 1480. The Kier molecular flexibility index (Phi) is 9.22. The van der Waals surface area contributed by atoms with E-state index in [0.717, 1.165) is 87.2 Å². The molecule has 6 atom stereocenters. The number of carbonyl (C=O) groups is 1. The molecule has 0 aromatic heterocycles. The summed E-state index contributed by atoms with van der Waals surface area (Å²) >= 11 is 6.42. The van der Waals surface area contributed by atoms with E-state index in [1.165, 1.54) is 18.2 Å². The molecule has 0 amide bonds. The minimum atomic E-state index is -3.50. The van der Waals surface area contributed by atoms with Crippen molar-refractivity contribution in [3.05, 3.63) is 58.1 Å². The fraction of sp³-hybridized carbons (Fsp3) is 0.618.